The van der Waals surface area contributed by atoms with Crippen molar-refractivity contribution in [2.24, 2.45) is 0 Å². The lowest BCUT2D eigenvalue weighted by Gasteiger charge is -2.24. The summed E-state index contributed by atoms with van der Waals surface area (Å²) in [7, 11) is 0. The number of benzene rings is 3. The van der Waals surface area contributed by atoms with Gasteiger partial charge in [-0.3, -0.25) is 9.59 Å². The van der Waals surface area contributed by atoms with Crippen LogP contribution in [0.5, 0.6) is 5.75 Å². The fourth-order valence-electron chi connectivity index (χ4n) is 3.58. The number of carbonyl (C=O) groups excluding carboxylic acids is 2. The van der Waals surface area contributed by atoms with Crippen LogP contribution in [0.15, 0.2) is 72.8 Å². The summed E-state index contributed by atoms with van der Waals surface area (Å²) in [4.78, 5) is 26.8. The van der Waals surface area contributed by atoms with Crippen LogP contribution < -0.4 is 10.1 Å². The monoisotopic (exact) mass is 480 g/mol. The van der Waals surface area contributed by atoms with Crippen LogP contribution in [0.3, 0.4) is 0 Å². The molecule has 1 aliphatic heterocycles. The molecule has 1 fully saturated rings. The van der Waals surface area contributed by atoms with E-state index in [1.165, 1.54) is 0 Å². The number of hydrogen-bond acceptors (Lipinski definition) is 4. The van der Waals surface area contributed by atoms with Gasteiger partial charge in [0.25, 0.3) is 5.91 Å². The molecule has 1 saturated heterocycles. The standard InChI is InChI=1S/C26H25ClN2O3S/c1-18-7-12-22(15-23(18)27)32-14-13-28-25(31)20-8-10-21(11-9-20)26-29(24(30)17-33-26)16-19-5-3-2-4-6-19/h2-12,15,26H,13-14,16-17H2,1H3,(H,28,31)/t26-/m0/s1. The molecular formula is C26H25ClN2O3S. The molecule has 0 aromatic heterocycles. The molecule has 2 amide bonds. The number of carbonyl (C=O) groups is 2. The van der Waals surface area contributed by atoms with Crippen molar-refractivity contribution < 1.29 is 14.3 Å². The summed E-state index contributed by atoms with van der Waals surface area (Å²) in [5, 5.41) is 3.47. The summed E-state index contributed by atoms with van der Waals surface area (Å²) >= 11 is 7.71. The molecule has 0 aliphatic carbocycles. The minimum Gasteiger partial charge on any atom is -0.492 e. The first-order valence-electron chi connectivity index (χ1n) is 10.7. The van der Waals surface area contributed by atoms with Gasteiger partial charge >= 0.3 is 0 Å². The highest BCUT2D eigenvalue weighted by molar-refractivity contribution is 8.00. The van der Waals surface area contributed by atoms with Gasteiger partial charge in [0.15, 0.2) is 0 Å². The molecule has 5 nitrogen and oxygen atoms in total. The van der Waals surface area contributed by atoms with Crippen molar-refractivity contribution >= 4 is 35.2 Å². The second-order valence-electron chi connectivity index (χ2n) is 7.81. The van der Waals surface area contributed by atoms with Crippen LogP contribution in [0, 0.1) is 6.92 Å². The Hall–Kier alpha value is -2.96. The lowest BCUT2D eigenvalue weighted by atomic mass is 10.1. The van der Waals surface area contributed by atoms with Gasteiger partial charge in [-0.15, -0.1) is 11.8 Å². The molecule has 3 aromatic carbocycles. The Morgan fingerprint density at radius 3 is 2.61 bits per heavy atom. The van der Waals surface area contributed by atoms with E-state index in [4.69, 9.17) is 16.3 Å². The average molecular weight is 481 g/mol. The molecule has 1 heterocycles. The number of nitrogens with one attached hydrogen (secondary N) is 1. The molecular weight excluding hydrogens is 456 g/mol. The number of nitrogens with zero attached hydrogens (tertiary/aromatic N) is 1. The molecule has 0 spiro atoms. The molecule has 33 heavy (non-hydrogen) atoms. The van der Waals surface area contributed by atoms with Crippen LogP contribution in [0.2, 0.25) is 5.02 Å². The Kier molecular flexibility index (Phi) is 7.57. The van der Waals surface area contributed by atoms with Crippen molar-refractivity contribution in [2.75, 3.05) is 18.9 Å². The third-order valence-electron chi connectivity index (χ3n) is 5.42. The van der Waals surface area contributed by atoms with Gasteiger partial charge in [-0.25, -0.2) is 0 Å². The summed E-state index contributed by atoms with van der Waals surface area (Å²) in [5.41, 5.74) is 3.67. The zero-order valence-corrected chi connectivity index (χ0v) is 19.9. The Balaban J connectivity index is 1.31. The van der Waals surface area contributed by atoms with E-state index >= 15 is 0 Å². The molecule has 4 rings (SSSR count). The number of amides is 2. The second kappa shape index (κ2) is 10.8. The Morgan fingerprint density at radius 1 is 1.12 bits per heavy atom. The predicted octanol–water partition coefficient (Wildman–Crippen LogP) is 5.23. The first-order chi connectivity index (χ1) is 16.0. The summed E-state index contributed by atoms with van der Waals surface area (Å²) < 4.78 is 5.65. The Bertz CT molecular complexity index is 1120. The molecule has 0 saturated carbocycles. The number of thioether (sulfide) groups is 1. The van der Waals surface area contributed by atoms with Crippen molar-refractivity contribution in [2.45, 2.75) is 18.8 Å². The highest BCUT2D eigenvalue weighted by Crippen LogP contribution is 2.39. The van der Waals surface area contributed by atoms with Crippen LogP contribution in [0.4, 0.5) is 0 Å². The van der Waals surface area contributed by atoms with E-state index in [0.29, 0.717) is 41.8 Å². The van der Waals surface area contributed by atoms with Gasteiger partial charge in [0.2, 0.25) is 5.91 Å². The first-order valence-corrected chi connectivity index (χ1v) is 12.2. The Labute approximate surface area is 203 Å². The van der Waals surface area contributed by atoms with Crippen LogP contribution in [0.1, 0.15) is 32.4 Å². The molecule has 0 bridgehead atoms. The highest BCUT2D eigenvalue weighted by Gasteiger charge is 2.32. The van der Waals surface area contributed by atoms with E-state index in [1.807, 2.05) is 66.4 Å². The summed E-state index contributed by atoms with van der Waals surface area (Å²) in [6.45, 7) is 3.23. The molecule has 0 unspecified atom stereocenters. The predicted molar refractivity (Wildman–Crippen MR) is 133 cm³/mol. The van der Waals surface area contributed by atoms with Crippen LogP contribution in [-0.2, 0) is 11.3 Å². The van der Waals surface area contributed by atoms with E-state index in [2.05, 4.69) is 5.32 Å². The number of rotatable bonds is 8. The molecule has 3 aromatic rings. The molecule has 1 N–H and O–H groups in total. The molecule has 170 valence electrons. The minimum absolute atomic E-state index is 0.0513. The van der Waals surface area contributed by atoms with Gasteiger partial charge in [-0.1, -0.05) is 60.1 Å². The smallest absolute Gasteiger partial charge is 0.251 e. The van der Waals surface area contributed by atoms with Gasteiger partial charge in [-0.2, -0.15) is 0 Å². The maximum Gasteiger partial charge on any atom is 0.251 e. The SMILES string of the molecule is Cc1ccc(OCCNC(=O)c2ccc([C@@H]3SCC(=O)N3Cc3ccccc3)cc2)cc1Cl. The average Bonchev–Trinajstić information content (AvgIpc) is 3.19. The fraction of sp³-hybridized carbons (Fsp3) is 0.231. The zero-order valence-electron chi connectivity index (χ0n) is 18.3. The third kappa shape index (κ3) is 5.89. The highest BCUT2D eigenvalue weighted by atomic mass is 35.5. The summed E-state index contributed by atoms with van der Waals surface area (Å²) in [6, 6.07) is 22.9. The molecule has 7 heteroatoms. The maximum absolute atomic E-state index is 12.5. The van der Waals surface area contributed by atoms with Crippen molar-refractivity contribution in [3.63, 3.8) is 0 Å². The van der Waals surface area contributed by atoms with Crippen LogP contribution >= 0.6 is 23.4 Å². The van der Waals surface area contributed by atoms with Crippen LogP contribution in [0.25, 0.3) is 0 Å². The van der Waals surface area contributed by atoms with E-state index in [9.17, 15) is 9.59 Å². The first kappa shape index (κ1) is 23.2. The lowest BCUT2D eigenvalue weighted by molar-refractivity contribution is -0.128. The zero-order chi connectivity index (χ0) is 23.2. The minimum atomic E-state index is -0.164. The van der Waals surface area contributed by atoms with Crippen LogP contribution in [-0.4, -0.2) is 35.6 Å². The summed E-state index contributed by atoms with van der Waals surface area (Å²) in [6.07, 6.45) is 0. The van der Waals surface area contributed by atoms with Gasteiger partial charge in [0.1, 0.15) is 17.7 Å². The third-order valence-corrected chi connectivity index (χ3v) is 7.08. The fourth-order valence-corrected chi connectivity index (χ4v) is 4.94. The van der Waals surface area contributed by atoms with Gasteiger partial charge in [0, 0.05) is 17.1 Å². The largest absolute Gasteiger partial charge is 0.492 e. The maximum atomic E-state index is 12.5. The number of ether oxygens (including phenoxy) is 1. The summed E-state index contributed by atoms with van der Waals surface area (Å²) in [5.74, 6) is 1.10. The van der Waals surface area contributed by atoms with E-state index < -0.39 is 0 Å². The number of halogens is 1. The molecule has 1 atom stereocenters. The van der Waals surface area contributed by atoms with Gasteiger partial charge < -0.3 is 15.0 Å². The van der Waals surface area contributed by atoms with Crippen molar-refractivity contribution in [3.05, 3.63) is 100 Å². The van der Waals surface area contributed by atoms with E-state index in [-0.39, 0.29) is 17.2 Å². The quantitative estimate of drug-likeness (QED) is 0.448. The molecule has 0 radical (unpaired) electrons. The van der Waals surface area contributed by atoms with E-state index in [0.717, 1.165) is 16.7 Å². The second-order valence-corrected chi connectivity index (χ2v) is 9.28. The molecule has 1 aliphatic rings. The van der Waals surface area contributed by atoms with Crippen molar-refractivity contribution in [1.82, 2.24) is 10.2 Å². The van der Waals surface area contributed by atoms with E-state index in [1.54, 1.807) is 30.0 Å². The van der Waals surface area contributed by atoms with Gasteiger partial charge in [-0.05, 0) is 47.9 Å². The van der Waals surface area contributed by atoms with Crippen molar-refractivity contribution in [3.8, 4) is 5.75 Å². The van der Waals surface area contributed by atoms with Crippen molar-refractivity contribution in [1.29, 1.82) is 0 Å². The van der Waals surface area contributed by atoms with Gasteiger partial charge in [0.05, 0.1) is 12.3 Å². The lowest BCUT2D eigenvalue weighted by Crippen LogP contribution is -2.28. The topological polar surface area (TPSA) is 58.6 Å². The number of aryl methyl sites for hydroxylation is 1. The Morgan fingerprint density at radius 2 is 1.88 bits per heavy atom. The number of hydrogen-bond donors (Lipinski definition) is 1. The normalized spacial score (nSPS) is 15.5.